The van der Waals surface area contributed by atoms with E-state index in [0.29, 0.717) is 6.54 Å². The molecule has 0 saturated carbocycles. The Balaban J connectivity index is 3.41. The van der Waals surface area contributed by atoms with Crippen LogP contribution in [0, 0.1) is 0 Å². The summed E-state index contributed by atoms with van der Waals surface area (Å²) in [4.78, 5) is 11.1. The van der Waals surface area contributed by atoms with Gasteiger partial charge in [-0.15, -0.1) is 0 Å². The van der Waals surface area contributed by atoms with Crippen LogP contribution in [-0.2, 0) is 4.74 Å². The summed E-state index contributed by atoms with van der Waals surface area (Å²) < 4.78 is 5.07. The minimum Gasteiger partial charge on any atom is -0.444 e. The highest BCUT2D eigenvalue weighted by Crippen LogP contribution is 2.06. The third-order valence-electron chi connectivity index (χ3n) is 1.45. The maximum atomic E-state index is 11.1. The van der Waals surface area contributed by atoms with Gasteiger partial charge in [-0.05, 0) is 27.2 Å². The summed E-state index contributed by atoms with van der Waals surface area (Å²) in [5, 5.41) is 2.71. The van der Waals surface area contributed by atoms with E-state index in [4.69, 9.17) is 4.74 Å². The quantitative estimate of drug-likeness (QED) is 0.530. The third kappa shape index (κ3) is 9.25. The number of carbonyl (C=O) groups is 1. The molecule has 76 valence electrons. The zero-order chi connectivity index (χ0) is 10.3. The van der Waals surface area contributed by atoms with Crippen LogP contribution in [0.4, 0.5) is 4.79 Å². The molecule has 0 aromatic carbocycles. The summed E-state index contributed by atoms with van der Waals surface area (Å²) in [5.74, 6) is 0. The predicted octanol–water partition coefficient (Wildman–Crippen LogP) is 1.34. The second-order valence-electron chi connectivity index (χ2n) is 4.14. The summed E-state index contributed by atoms with van der Waals surface area (Å²) in [6.45, 7) is 6.29. The Morgan fingerprint density at radius 1 is 1.38 bits per heavy atom. The molecule has 0 spiro atoms. The maximum absolute atomic E-state index is 11.1. The van der Waals surface area contributed by atoms with Gasteiger partial charge in [-0.25, -0.2) is 4.79 Å². The van der Waals surface area contributed by atoms with Gasteiger partial charge in [0.05, 0.1) is 0 Å². The average molecular weight is 185 g/mol. The molecule has 13 heavy (non-hydrogen) atoms. The highest BCUT2D eigenvalue weighted by molar-refractivity contribution is 6.08. The number of alkyl carbamates (subject to hydrolysis) is 1. The molecule has 0 aromatic rings. The predicted molar refractivity (Wildman–Crippen MR) is 56.8 cm³/mol. The van der Waals surface area contributed by atoms with Crippen molar-refractivity contribution in [2.75, 3.05) is 6.54 Å². The van der Waals surface area contributed by atoms with Gasteiger partial charge < -0.3 is 10.1 Å². The average Bonchev–Trinajstić information content (AvgIpc) is 1.94. The molecule has 0 atom stereocenters. The van der Waals surface area contributed by atoms with E-state index in [-0.39, 0.29) is 6.09 Å². The first kappa shape index (κ1) is 12.3. The molecular weight excluding hydrogens is 165 g/mol. The number of ether oxygens (including phenoxy) is 1. The van der Waals surface area contributed by atoms with E-state index in [1.54, 1.807) is 0 Å². The first-order valence-electron chi connectivity index (χ1n) is 4.92. The highest BCUT2D eigenvalue weighted by Gasteiger charge is 2.15. The monoisotopic (exact) mass is 185 g/mol. The lowest BCUT2D eigenvalue weighted by Crippen LogP contribution is -2.32. The molecule has 0 rings (SSSR count). The molecule has 0 aliphatic rings. The lowest BCUT2D eigenvalue weighted by atomic mass is 10.0. The lowest BCUT2D eigenvalue weighted by Gasteiger charge is -2.19. The van der Waals surface area contributed by atoms with Crippen molar-refractivity contribution in [3.63, 3.8) is 0 Å². The normalized spacial score (nSPS) is 11.0. The van der Waals surface area contributed by atoms with Gasteiger partial charge in [-0.2, -0.15) is 0 Å². The highest BCUT2D eigenvalue weighted by atomic mass is 16.6. The first-order chi connectivity index (χ1) is 5.95. The van der Waals surface area contributed by atoms with Crippen LogP contribution in [0.15, 0.2) is 0 Å². The maximum Gasteiger partial charge on any atom is 0.407 e. The zero-order valence-electron chi connectivity index (χ0n) is 9.14. The lowest BCUT2D eigenvalue weighted by molar-refractivity contribution is 0.0527. The minimum absolute atomic E-state index is 0.316. The fourth-order valence-corrected chi connectivity index (χ4v) is 0.880. The van der Waals surface area contributed by atoms with E-state index in [1.807, 2.05) is 20.8 Å². The molecule has 4 heteroatoms. The van der Waals surface area contributed by atoms with Crippen LogP contribution in [0.2, 0.25) is 6.32 Å². The summed E-state index contributed by atoms with van der Waals surface area (Å²) in [6, 6.07) is 0. The summed E-state index contributed by atoms with van der Waals surface area (Å²) >= 11 is 0. The number of rotatable bonds is 4. The molecule has 0 saturated heterocycles. The second kappa shape index (κ2) is 5.89. The Kier molecular flexibility index (Phi) is 5.59. The van der Waals surface area contributed by atoms with Crippen molar-refractivity contribution in [3.05, 3.63) is 0 Å². The van der Waals surface area contributed by atoms with Gasteiger partial charge in [0.1, 0.15) is 13.4 Å². The van der Waals surface area contributed by atoms with E-state index in [0.717, 1.165) is 19.2 Å². The van der Waals surface area contributed by atoms with Crippen LogP contribution in [0.1, 0.15) is 33.6 Å². The van der Waals surface area contributed by atoms with Crippen LogP contribution in [0.25, 0.3) is 0 Å². The fraction of sp³-hybridized carbons (Fsp3) is 0.889. The molecule has 0 aromatic heterocycles. The van der Waals surface area contributed by atoms with E-state index in [1.165, 1.54) is 0 Å². The van der Waals surface area contributed by atoms with Crippen LogP contribution < -0.4 is 5.32 Å². The molecular formula is C9H20BNO2. The van der Waals surface area contributed by atoms with Crippen LogP contribution >= 0.6 is 0 Å². The Bertz CT molecular complexity index is 154. The standard InChI is InChI=1S/C9H20BNO2/c1-9(2,3)13-8(12)11-7-5-4-6-10/h4-7,10H2,1-3H3,(H,11,12). The van der Waals surface area contributed by atoms with Crippen LogP contribution in [0.5, 0.6) is 0 Å². The number of nitrogens with one attached hydrogen (secondary N) is 1. The Hall–Kier alpha value is -0.665. The summed E-state index contributed by atoms with van der Waals surface area (Å²) in [6.07, 6.45) is 3.02. The number of hydrogen-bond donors (Lipinski definition) is 1. The number of amides is 1. The van der Waals surface area contributed by atoms with Crippen molar-refractivity contribution in [2.45, 2.75) is 45.5 Å². The zero-order valence-corrected chi connectivity index (χ0v) is 9.14. The van der Waals surface area contributed by atoms with Gasteiger partial charge in [0.25, 0.3) is 0 Å². The first-order valence-corrected chi connectivity index (χ1v) is 4.92. The molecule has 0 unspecified atom stereocenters. The van der Waals surface area contributed by atoms with E-state index < -0.39 is 5.60 Å². The smallest absolute Gasteiger partial charge is 0.407 e. The number of unbranched alkanes of at least 4 members (excludes halogenated alkanes) is 1. The fourth-order valence-electron chi connectivity index (χ4n) is 0.880. The van der Waals surface area contributed by atoms with Crippen LogP contribution in [0.3, 0.4) is 0 Å². The van der Waals surface area contributed by atoms with Crippen LogP contribution in [-0.4, -0.2) is 26.1 Å². The molecule has 0 bridgehead atoms. The van der Waals surface area contributed by atoms with Gasteiger partial charge in [-0.1, -0.05) is 12.7 Å². The Labute approximate surface area is 81.6 Å². The van der Waals surface area contributed by atoms with Crippen molar-refractivity contribution in [2.24, 2.45) is 0 Å². The molecule has 0 fully saturated rings. The molecule has 1 N–H and O–H groups in total. The topological polar surface area (TPSA) is 38.3 Å². The van der Waals surface area contributed by atoms with Gasteiger partial charge >= 0.3 is 6.09 Å². The van der Waals surface area contributed by atoms with Crippen molar-refractivity contribution in [3.8, 4) is 0 Å². The number of carbonyl (C=O) groups excluding carboxylic acids is 1. The van der Waals surface area contributed by atoms with Crippen molar-refractivity contribution >= 4 is 13.9 Å². The van der Waals surface area contributed by atoms with Crippen molar-refractivity contribution in [1.29, 1.82) is 0 Å². The van der Waals surface area contributed by atoms with Gasteiger partial charge in [0.15, 0.2) is 0 Å². The largest absolute Gasteiger partial charge is 0.444 e. The molecule has 0 radical (unpaired) electrons. The SMILES string of the molecule is BCCCCNC(=O)OC(C)(C)C. The van der Waals surface area contributed by atoms with Gasteiger partial charge in [0, 0.05) is 6.54 Å². The van der Waals surface area contributed by atoms with E-state index in [2.05, 4.69) is 13.2 Å². The molecule has 0 heterocycles. The van der Waals surface area contributed by atoms with Gasteiger partial charge in [0.2, 0.25) is 0 Å². The van der Waals surface area contributed by atoms with E-state index in [9.17, 15) is 4.79 Å². The van der Waals surface area contributed by atoms with Crippen molar-refractivity contribution in [1.82, 2.24) is 5.32 Å². The summed E-state index contributed by atoms with van der Waals surface area (Å²) in [5.41, 5.74) is -0.394. The number of hydrogen-bond acceptors (Lipinski definition) is 2. The second-order valence-corrected chi connectivity index (χ2v) is 4.14. The third-order valence-corrected chi connectivity index (χ3v) is 1.45. The Morgan fingerprint density at radius 3 is 2.46 bits per heavy atom. The molecule has 0 aliphatic carbocycles. The molecule has 1 amide bonds. The van der Waals surface area contributed by atoms with E-state index >= 15 is 0 Å². The summed E-state index contributed by atoms with van der Waals surface area (Å²) in [7, 11) is 2.13. The Morgan fingerprint density at radius 2 is 2.00 bits per heavy atom. The molecule has 3 nitrogen and oxygen atoms in total. The minimum atomic E-state index is -0.394. The van der Waals surface area contributed by atoms with Crippen molar-refractivity contribution < 1.29 is 9.53 Å². The van der Waals surface area contributed by atoms with Gasteiger partial charge in [-0.3, -0.25) is 0 Å². The molecule has 0 aliphatic heterocycles.